The van der Waals surface area contributed by atoms with Gasteiger partial charge in [0.15, 0.2) is 0 Å². The summed E-state index contributed by atoms with van der Waals surface area (Å²) in [5.41, 5.74) is 0. The van der Waals surface area contributed by atoms with Crippen molar-refractivity contribution < 1.29 is 4.79 Å². The van der Waals surface area contributed by atoms with Crippen molar-refractivity contribution in [2.75, 3.05) is 26.2 Å². The summed E-state index contributed by atoms with van der Waals surface area (Å²) < 4.78 is 0. The Morgan fingerprint density at radius 2 is 2.29 bits per heavy atom. The lowest BCUT2D eigenvalue weighted by molar-refractivity contribution is 0.219. The monoisotopic (exact) mass is 199 g/mol. The summed E-state index contributed by atoms with van der Waals surface area (Å²) >= 11 is 0. The molecule has 1 rings (SSSR count). The van der Waals surface area contributed by atoms with Gasteiger partial charge in [0.05, 0.1) is 0 Å². The second kappa shape index (κ2) is 5.86. The number of carbonyl (C=O) groups excluding carboxylic acids is 1. The van der Waals surface area contributed by atoms with Gasteiger partial charge in [-0.25, -0.2) is 4.79 Å². The maximum absolute atomic E-state index is 11.3. The van der Waals surface area contributed by atoms with E-state index < -0.39 is 0 Å². The highest BCUT2D eigenvalue weighted by Gasteiger charge is 2.26. The molecule has 4 nitrogen and oxygen atoms in total. The molecule has 4 heteroatoms. The molecule has 1 saturated heterocycles. The van der Waals surface area contributed by atoms with Crippen LogP contribution in [0, 0.1) is 0 Å². The smallest absolute Gasteiger partial charge is 0.317 e. The Kier molecular flexibility index (Phi) is 4.73. The van der Waals surface area contributed by atoms with Crippen LogP contribution in [0.3, 0.4) is 0 Å². The topological polar surface area (TPSA) is 44.4 Å². The minimum absolute atomic E-state index is 0.0907. The van der Waals surface area contributed by atoms with E-state index >= 15 is 0 Å². The second-order valence-electron chi connectivity index (χ2n) is 3.72. The molecule has 1 fully saturated rings. The van der Waals surface area contributed by atoms with Crippen LogP contribution in [0.4, 0.5) is 4.79 Å². The van der Waals surface area contributed by atoms with Crippen molar-refractivity contribution in [1.29, 1.82) is 0 Å². The summed E-state index contributed by atoms with van der Waals surface area (Å²) in [6.07, 6.45) is 2.19. The number of rotatable bonds is 6. The average Bonchev–Trinajstić information content (AvgIpc) is 2.54. The Morgan fingerprint density at radius 1 is 1.50 bits per heavy atom. The molecule has 1 aliphatic rings. The van der Waals surface area contributed by atoms with E-state index in [1.807, 2.05) is 11.8 Å². The Hall–Kier alpha value is -0.770. The van der Waals surface area contributed by atoms with Crippen molar-refractivity contribution >= 4 is 6.03 Å². The summed E-state index contributed by atoms with van der Waals surface area (Å²) in [5, 5.41) is 6.32. The van der Waals surface area contributed by atoms with Gasteiger partial charge in [0.2, 0.25) is 0 Å². The molecule has 0 bridgehead atoms. The quantitative estimate of drug-likeness (QED) is 0.621. The average molecular weight is 199 g/mol. The first-order valence-electron chi connectivity index (χ1n) is 5.54. The standard InChI is InChI=1S/C10H21N3O/c1-3-6-11-7-5-9-8-13(4-2)10(14)12-9/h9,11H,3-8H2,1-2H3,(H,12,14). The van der Waals surface area contributed by atoms with Gasteiger partial charge in [-0.1, -0.05) is 6.92 Å². The molecule has 0 saturated carbocycles. The first-order chi connectivity index (χ1) is 6.77. The first kappa shape index (κ1) is 11.3. The number of likely N-dealkylation sites (N-methyl/N-ethyl adjacent to an activating group) is 1. The Morgan fingerprint density at radius 3 is 2.86 bits per heavy atom. The second-order valence-corrected chi connectivity index (χ2v) is 3.72. The fourth-order valence-electron chi connectivity index (χ4n) is 1.67. The Labute approximate surface area is 86.0 Å². The minimum Gasteiger partial charge on any atom is -0.333 e. The lowest BCUT2D eigenvalue weighted by Gasteiger charge is -2.11. The number of nitrogens with zero attached hydrogens (tertiary/aromatic N) is 1. The van der Waals surface area contributed by atoms with Gasteiger partial charge in [0, 0.05) is 19.1 Å². The van der Waals surface area contributed by atoms with E-state index in [1.54, 1.807) is 0 Å². The third kappa shape index (κ3) is 3.18. The van der Waals surface area contributed by atoms with Crippen molar-refractivity contribution in [3.05, 3.63) is 0 Å². The molecule has 0 aromatic heterocycles. The van der Waals surface area contributed by atoms with Gasteiger partial charge in [-0.05, 0) is 32.9 Å². The van der Waals surface area contributed by atoms with E-state index in [0.29, 0.717) is 6.04 Å². The van der Waals surface area contributed by atoms with Crippen LogP contribution >= 0.6 is 0 Å². The maximum Gasteiger partial charge on any atom is 0.317 e. The maximum atomic E-state index is 11.3. The van der Waals surface area contributed by atoms with Crippen LogP contribution in [0.1, 0.15) is 26.7 Å². The fourth-order valence-corrected chi connectivity index (χ4v) is 1.67. The van der Waals surface area contributed by atoms with Crippen LogP contribution in [0.5, 0.6) is 0 Å². The molecule has 0 aliphatic carbocycles. The molecule has 2 amide bonds. The van der Waals surface area contributed by atoms with Gasteiger partial charge >= 0.3 is 6.03 Å². The molecule has 1 aliphatic heterocycles. The highest BCUT2D eigenvalue weighted by Crippen LogP contribution is 2.05. The van der Waals surface area contributed by atoms with Crippen molar-refractivity contribution in [2.24, 2.45) is 0 Å². The predicted octanol–water partition coefficient (Wildman–Crippen LogP) is 0.790. The highest BCUT2D eigenvalue weighted by atomic mass is 16.2. The third-order valence-corrected chi connectivity index (χ3v) is 2.53. The molecular weight excluding hydrogens is 178 g/mol. The zero-order valence-electron chi connectivity index (χ0n) is 9.18. The van der Waals surface area contributed by atoms with E-state index in [-0.39, 0.29) is 6.03 Å². The number of hydrogen-bond donors (Lipinski definition) is 2. The summed E-state index contributed by atoms with van der Waals surface area (Å²) in [6.45, 7) is 7.91. The van der Waals surface area contributed by atoms with E-state index in [9.17, 15) is 4.79 Å². The highest BCUT2D eigenvalue weighted by molar-refractivity contribution is 5.76. The minimum atomic E-state index is 0.0907. The summed E-state index contributed by atoms with van der Waals surface area (Å²) in [6, 6.07) is 0.430. The van der Waals surface area contributed by atoms with E-state index in [4.69, 9.17) is 0 Å². The van der Waals surface area contributed by atoms with Crippen molar-refractivity contribution in [2.45, 2.75) is 32.7 Å². The van der Waals surface area contributed by atoms with Crippen molar-refractivity contribution in [1.82, 2.24) is 15.5 Å². The van der Waals surface area contributed by atoms with Crippen LogP contribution in [-0.2, 0) is 0 Å². The van der Waals surface area contributed by atoms with Crippen LogP contribution in [0.2, 0.25) is 0 Å². The zero-order valence-corrected chi connectivity index (χ0v) is 9.18. The molecule has 82 valence electrons. The first-order valence-corrected chi connectivity index (χ1v) is 5.54. The molecule has 0 radical (unpaired) electrons. The number of hydrogen-bond acceptors (Lipinski definition) is 2. The van der Waals surface area contributed by atoms with Gasteiger partial charge in [-0.2, -0.15) is 0 Å². The molecule has 1 unspecified atom stereocenters. The summed E-state index contributed by atoms with van der Waals surface area (Å²) in [4.78, 5) is 13.2. The zero-order chi connectivity index (χ0) is 10.4. The fraction of sp³-hybridized carbons (Fsp3) is 0.900. The van der Waals surface area contributed by atoms with Crippen molar-refractivity contribution in [3.63, 3.8) is 0 Å². The number of amides is 2. The number of nitrogens with one attached hydrogen (secondary N) is 2. The lowest BCUT2D eigenvalue weighted by atomic mass is 10.2. The van der Waals surface area contributed by atoms with Gasteiger partial charge in [0.25, 0.3) is 0 Å². The lowest BCUT2D eigenvalue weighted by Crippen LogP contribution is -2.30. The third-order valence-electron chi connectivity index (χ3n) is 2.53. The van der Waals surface area contributed by atoms with E-state index in [2.05, 4.69) is 17.6 Å². The van der Waals surface area contributed by atoms with Crippen molar-refractivity contribution in [3.8, 4) is 0 Å². The largest absolute Gasteiger partial charge is 0.333 e. The van der Waals surface area contributed by atoms with E-state index in [0.717, 1.165) is 39.0 Å². The van der Waals surface area contributed by atoms with Gasteiger partial charge in [0.1, 0.15) is 0 Å². The predicted molar refractivity (Wildman–Crippen MR) is 57.3 cm³/mol. The molecular formula is C10H21N3O. The van der Waals surface area contributed by atoms with Gasteiger partial charge in [-0.15, -0.1) is 0 Å². The molecule has 0 aromatic carbocycles. The van der Waals surface area contributed by atoms with Gasteiger partial charge in [-0.3, -0.25) is 0 Å². The molecule has 2 N–H and O–H groups in total. The molecule has 14 heavy (non-hydrogen) atoms. The van der Waals surface area contributed by atoms with Crippen LogP contribution in [0.15, 0.2) is 0 Å². The summed E-state index contributed by atoms with van der Waals surface area (Å²) in [7, 11) is 0. The van der Waals surface area contributed by atoms with Gasteiger partial charge < -0.3 is 15.5 Å². The molecule has 1 atom stereocenters. The molecule has 0 spiro atoms. The van der Waals surface area contributed by atoms with Crippen LogP contribution in [-0.4, -0.2) is 43.2 Å². The summed E-state index contributed by atoms with van der Waals surface area (Å²) in [5.74, 6) is 0. The number of urea groups is 1. The molecule has 0 aromatic rings. The SMILES string of the molecule is CCCNCCC1CN(CC)C(=O)N1. The molecule has 1 heterocycles. The number of carbonyl (C=O) groups is 1. The Balaban J connectivity index is 2.12. The van der Waals surface area contributed by atoms with E-state index in [1.165, 1.54) is 0 Å². The normalized spacial score (nSPS) is 21.4. The Bertz CT molecular complexity index is 184. The van der Waals surface area contributed by atoms with Crippen LogP contribution in [0.25, 0.3) is 0 Å². The van der Waals surface area contributed by atoms with Crippen LogP contribution < -0.4 is 10.6 Å².